The minimum absolute atomic E-state index is 0.0523. The first-order valence-corrected chi connectivity index (χ1v) is 11.7. The van der Waals surface area contributed by atoms with Gasteiger partial charge in [0, 0.05) is 29.9 Å². The van der Waals surface area contributed by atoms with Crippen LogP contribution in [0.5, 0.6) is 0 Å². The Kier molecular flexibility index (Phi) is 6.15. The van der Waals surface area contributed by atoms with Gasteiger partial charge in [-0.1, -0.05) is 6.07 Å². The molecule has 1 amide bonds. The van der Waals surface area contributed by atoms with Crippen molar-refractivity contribution in [2.24, 2.45) is 5.92 Å². The number of fused-ring (bicyclic) bond motifs is 1. The molecule has 32 heavy (non-hydrogen) atoms. The number of amides is 1. The van der Waals surface area contributed by atoms with E-state index in [0.29, 0.717) is 17.5 Å². The Labute approximate surface area is 183 Å². The zero-order valence-electron chi connectivity index (χ0n) is 16.9. The molecule has 172 valence electrons. The number of hydrogen-bond acceptors (Lipinski definition) is 5. The molecule has 4 rings (SSSR count). The third-order valence-corrected chi connectivity index (χ3v) is 7.24. The third-order valence-electron chi connectivity index (χ3n) is 5.84. The van der Waals surface area contributed by atoms with Gasteiger partial charge >= 0.3 is 6.18 Å². The Morgan fingerprint density at radius 2 is 1.81 bits per heavy atom. The Bertz CT molecular complexity index is 1090. The van der Waals surface area contributed by atoms with Crippen molar-refractivity contribution in [1.82, 2.24) is 16.2 Å². The molecular formula is C21H23F3N4O3S. The van der Waals surface area contributed by atoms with Crippen LogP contribution >= 0.6 is 0 Å². The first-order valence-electron chi connectivity index (χ1n) is 10.2. The second-order valence-corrected chi connectivity index (χ2v) is 9.77. The number of carbonyl (C=O) groups is 1. The largest absolute Gasteiger partial charge is 0.416 e. The lowest BCUT2D eigenvalue weighted by Gasteiger charge is -2.31. The molecule has 0 radical (unpaired) electrons. The highest BCUT2D eigenvalue weighted by atomic mass is 32.2. The number of sulfonamides is 1. The fraction of sp³-hybridized carbons (Fsp3) is 0.381. The topological polar surface area (TPSA) is 99.3 Å². The van der Waals surface area contributed by atoms with Crippen LogP contribution < -0.4 is 20.9 Å². The molecule has 3 atom stereocenters. The maximum atomic E-state index is 12.9. The van der Waals surface area contributed by atoms with Crippen molar-refractivity contribution in [1.29, 1.82) is 0 Å². The summed E-state index contributed by atoms with van der Waals surface area (Å²) < 4.78 is 65.8. The molecule has 2 aromatic rings. The molecule has 0 aromatic heterocycles. The van der Waals surface area contributed by atoms with Gasteiger partial charge in [-0.05, 0) is 67.6 Å². The van der Waals surface area contributed by atoms with Crippen LogP contribution in [0.4, 0.5) is 18.9 Å². The van der Waals surface area contributed by atoms with Gasteiger partial charge in [0.25, 0.3) is 15.9 Å². The average molecular weight is 469 g/mol. The van der Waals surface area contributed by atoms with Crippen molar-refractivity contribution in [2.75, 3.05) is 11.3 Å². The van der Waals surface area contributed by atoms with Crippen molar-refractivity contribution < 1.29 is 26.4 Å². The van der Waals surface area contributed by atoms with E-state index in [2.05, 4.69) is 20.9 Å². The van der Waals surface area contributed by atoms with Crippen molar-refractivity contribution in [3.63, 3.8) is 0 Å². The van der Waals surface area contributed by atoms with Gasteiger partial charge in [-0.3, -0.25) is 20.4 Å². The standard InChI is InChI=1S/C21H23F3N4O3S/c22-21(23,24)15-2-1-3-17(11-15)28-32(30,31)18-7-4-13(5-8-18)20(29)26-16-6-9-19-14(10-16)12-25-27-19/h1-5,7-8,11,14,16,19,25,27-28H,6,9-10,12H2,(H,26,29). The Morgan fingerprint density at radius 3 is 2.53 bits per heavy atom. The fourth-order valence-electron chi connectivity index (χ4n) is 4.16. The van der Waals surface area contributed by atoms with Crippen molar-refractivity contribution in [3.8, 4) is 0 Å². The fourth-order valence-corrected chi connectivity index (χ4v) is 5.21. The summed E-state index contributed by atoms with van der Waals surface area (Å²) in [6.45, 7) is 0.864. The van der Waals surface area contributed by atoms with Crippen molar-refractivity contribution >= 4 is 21.6 Å². The van der Waals surface area contributed by atoms with E-state index in [1.165, 1.54) is 30.3 Å². The van der Waals surface area contributed by atoms with Gasteiger partial charge in [0.1, 0.15) is 0 Å². The van der Waals surface area contributed by atoms with Gasteiger partial charge in [0.15, 0.2) is 0 Å². The van der Waals surface area contributed by atoms with Crippen LogP contribution in [-0.4, -0.2) is 33.0 Å². The number of hydrogen-bond donors (Lipinski definition) is 4. The van der Waals surface area contributed by atoms with Crippen LogP contribution in [0.2, 0.25) is 0 Å². The number of carbonyl (C=O) groups excluding carboxylic acids is 1. The summed E-state index contributed by atoms with van der Waals surface area (Å²) in [6.07, 6.45) is -1.90. The normalized spacial score (nSPS) is 23.4. The molecule has 3 unspecified atom stereocenters. The zero-order chi connectivity index (χ0) is 22.9. The molecule has 2 aromatic carbocycles. The molecule has 0 bridgehead atoms. The average Bonchev–Trinajstić information content (AvgIpc) is 3.21. The first-order chi connectivity index (χ1) is 15.1. The summed E-state index contributed by atoms with van der Waals surface area (Å²) in [7, 11) is -4.12. The summed E-state index contributed by atoms with van der Waals surface area (Å²) in [5, 5.41) is 3.00. The number of benzene rings is 2. The second-order valence-electron chi connectivity index (χ2n) is 8.08. The summed E-state index contributed by atoms with van der Waals surface area (Å²) in [5.41, 5.74) is 5.52. The maximum absolute atomic E-state index is 12.9. The lowest BCUT2D eigenvalue weighted by atomic mass is 9.83. The van der Waals surface area contributed by atoms with Crippen LogP contribution in [-0.2, 0) is 16.2 Å². The molecule has 7 nitrogen and oxygen atoms in total. The predicted molar refractivity (Wildman–Crippen MR) is 112 cm³/mol. The molecule has 1 aliphatic carbocycles. The lowest BCUT2D eigenvalue weighted by Crippen LogP contribution is -2.44. The van der Waals surface area contributed by atoms with E-state index in [4.69, 9.17) is 0 Å². The molecule has 4 N–H and O–H groups in total. The SMILES string of the molecule is O=C(NC1CCC2NNCC2C1)c1ccc(S(=O)(=O)Nc2cccc(C(F)(F)F)c2)cc1. The highest BCUT2D eigenvalue weighted by Crippen LogP contribution is 2.31. The number of halogens is 3. The molecule has 1 saturated carbocycles. The minimum Gasteiger partial charge on any atom is -0.349 e. The van der Waals surface area contributed by atoms with Gasteiger partial charge < -0.3 is 5.32 Å². The lowest BCUT2D eigenvalue weighted by molar-refractivity contribution is -0.137. The van der Waals surface area contributed by atoms with E-state index >= 15 is 0 Å². The summed E-state index contributed by atoms with van der Waals surface area (Å²) in [5.74, 6) is 0.172. The number of alkyl halides is 3. The molecule has 1 aliphatic heterocycles. The number of anilines is 1. The van der Waals surface area contributed by atoms with E-state index in [1.807, 2.05) is 0 Å². The van der Waals surface area contributed by atoms with Crippen molar-refractivity contribution in [2.45, 2.75) is 42.4 Å². The molecule has 11 heteroatoms. The first kappa shape index (κ1) is 22.6. The quantitative estimate of drug-likeness (QED) is 0.541. The van der Waals surface area contributed by atoms with Gasteiger partial charge in [0.05, 0.1) is 10.5 Å². The maximum Gasteiger partial charge on any atom is 0.416 e. The van der Waals surface area contributed by atoms with Gasteiger partial charge in [-0.15, -0.1) is 0 Å². The van der Waals surface area contributed by atoms with E-state index in [-0.39, 0.29) is 22.5 Å². The third kappa shape index (κ3) is 5.05. The molecule has 2 fully saturated rings. The van der Waals surface area contributed by atoms with Crippen molar-refractivity contribution in [3.05, 3.63) is 59.7 Å². The monoisotopic (exact) mass is 468 g/mol. The van der Waals surface area contributed by atoms with E-state index in [1.54, 1.807) is 0 Å². The molecule has 2 aliphatic rings. The minimum atomic E-state index is -4.58. The van der Waals surface area contributed by atoms with Gasteiger partial charge in [0.2, 0.25) is 0 Å². The molecule has 0 spiro atoms. The van der Waals surface area contributed by atoms with Crippen LogP contribution in [0, 0.1) is 5.92 Å². The summed E-state index contributed by atoms with van der Waals surface area (Å²) >= 11 is 0. The highest BCUT2D eigenvalue weighted by molar-refractivity contribution is 7.92. The second kappa shape index (κ2) is 8.72. The predicted octanol–water partition coefficient (Wildman–Crippen LogP) is 2.88. The smallest absolute Gasteiger partial charge is 0.349 e. The van der Waals surface area contributed by atoms with Crippen LogP contribution in [0.15, 0.2) is 53.4 Å². The Morgan fingerprint density at radius 1 is 1.06 bits per heavy atom. The highest BCUT2D eigenvalue weighted by Gasteiger charge is 2.34. The van der Waals surface area contributed by atoms with Gasteiger partial charge in [-0.25, -0.2) is 8.42 Å². The Balaban J connectivity index is 1.40. The molecular weight excluding hydrogens is 445 g/mol. The van der Waals surface area contributed by atoms with Crippen LogP contribution in [0.25, 0.3) is 0 Å². The number of rotatable bonds is 5. The molecule has 1 saturated heterocycles. The Hall–Kier alpha value is -2.63. The molecule has 1 heterocycles. The van der Waals surface area contributed by atoms with Crippen LogP contribution in [0.3, 0.4) is 0 Å². The number of nitrogens with one attached hydrogen (secondary N) is 4. The number of hydrazine groups is 1. The zero-order valence-corrected chi connectivity index (χ0v) is 17.8. The van der Waals surface area contributed by atoms with E-state index in [9.17, 15) is 26.4 Å². The summed E-state index contributed by atoms with van der Waals surface area (Å²) in [6, 6.07) is 9.71. The van der Waals surface area contributed by atoms with E-state index in [0.717, 1.165) is 44.0 Å². The summed E-state index contributed by atoms with van der Waals surface area (Å²) in [4.78, 5) is 12.4. The van der Waals surface area contributed by atoms with E-state index < -0.39 is 21.8 Å². The van der Waals surface area contributed by atoms with Crippen LogP contribution in [0.1, 0.15) is 35.2 Å². The van der Waals surface area contributed by atoms with Gasteiger partial charge in [-0.2, -0.15) is 13.2 Å².